The summed E-state index contributed by atoms with van der Waals surface area (Å²) in [4.78, 5) is 74.9. The van der Waals surface area contributed by atoms with Crippen molar-refractivity contribution in [1.82, 2.24) is 9.88 Å². The summed E-state index contributed by atoms with van der Waals surface area (Å²) in [5.41, 5.74) is 1.12. The van der Waals surface area contributed by atoms with Crippen LogP contribution in [0.25, 0.3) is 10.1 Å². The van der Waals surface area contributed by atoms with Crippen LogP contribution in [0.1, 0.15) is 32.7 Å². The third-order valence-corrected chi connectivity index (χ3v) is 8.76. The Morgan fingerprint density at radius 2 is 1.77 bits per heavy atom. The first-order chi connectivity index (χ1) is 20.8. The molecular formula is C30H24N4O8S. The Kier molecular flexibility index (Phi) is 7.55. The van der Waals surface area contributed by atoms with Crippen LogP contribution in [0.3, 0.4) is 0 Å². The molecule has 3 heterocycles. The Morgan fingerprint density at radius 1 is 1.07 bits per heavy atom. The van der Waals surface area contributed by atoms with Crippen LogP contribution in [-0.4, -0.2) is 51.3 Å². The van der Waals surface area contributed by atoms with Crippen molar-refractivity contribution in [3.63, 3.8) is 0 Å². The van der Waals surface area contributed by atoms with Gasteiger partial charge in [0.1, 0.15) is 12.7 Å². The van der Waals surface area contributed by atoms with Crippen molar-refractivity contribution in [1.29, 1.82) is 0 Å². The smallest absolute Gasteiger partial charge is 0.309 e. The molecule has 0 radical (unpaired) electrons. The minimum absolute atomic E-state index is 0.0330. The summed E-state index contributed by atoms with van der Waals surface area (Å²) in [6.45, 7) is -0.454. The van der Waals surface area contributed by atoms with Crippen LogP contribution in [0.15, 0.2) is 79.1 Å². The van der Waals surface area contributed by atoms with Crippen molar-refractivity contribution in [3.8, 4) is 0 Å². The first-order valence-electron chi connectivity index (χ1n) is 13.4. The van der Waals surface area contributed by atoms with Crippen molar-refractivity contribution in [2.75, 3.05) is 11.9 Å². The largest absolute Gasteiger partial charge is 0.461 e. The van der Waals surface area contributed by atoms with Crippen LogP contribution in [0.5, 0.6) is 0 Å². The van der Waals surface area contributed by atoms with Gasteiger partial charge in [-0.2, -0.15) is 0 Å². The molecule has 0 bridgehead atoms. The van der Waals surface area contributed by atoms with E-state index in [1.165, 1.54) is 23.5 Å². The zero-order chi connectivity index (χ0) is 30.1. The number of ether oxygens (including phenoxy) is 1. The highest BCUT2D eigenvalue weighted by Gasteiger charge is 2.55. The Morgan fingerprint density at radius 3 is 2.44 bits per heavy atom. The second-order valence-electron chi connectivity index (χ2n) is 10.3. The van der Waals surface area contributed by atoms with Crippen LogP contribution in [-0.2, 0) is 25.8 Å². The Balaban J connectivity index is 1.30. The number of aromatic nitrogens is 1. The molecule has 0 saturated heterocycles. The van der Waals surface area contributed by atoms with Crippen molar-refractivity contribution >= 4 is 50.1 Å². The number of pyridine rings is 1. The van der Waals surface area contributed by atoms with Crippen molar-refractivity contribution < 1.29 is 33.8 Å². The number of thiophene rings is 1. The molecule has 0 spiro atoms. The monoisotopic (exact) mass is 600 g/mol. The van der Waals surface area contributed by atoms with Gasteiger partial charge < -0.3 is 14.9 Å². The molecule has 218 valence electrons. The van der Waals surface area contributed by atoms with Crippen LogP contribution in [0.4, 0.5) is 5.00 Å². The number of imide groups is 1. The van der Waals surface area contributed by atoms with Gasteiger partial charge in [0.15, 0.2) is 0 Å². The fourth-order valence-corrected chi connectivity index (χ4v) is 6.55. The fourth-order valence-electron chi connectivity index (χ4n) is 5.62. The van der Waals surface area contributed by atoms with E-state index in [1.807, 2.05) is 6.07 Å². The number of hydrogen-bond donors (Lipinski definition) is 1. The molecule has 4 atom stereocenters. The molecule has 6 rings (SSSR count). The maximum atomic E-state index is 13.9. The van der Waals surface area contributed by atoms with E-state index < -0.39 is 59.2 Å². The summed E-state index contributed by atoms with van der Waals surface area (Å²) >= 11 is 1.27. The third kappa shape index (κ3) is 5.54. The van der Waals surface area contributed by atoms with Gasteiger partial charge in [-0.3, -0.25) is 29.1 Å². The lowest BCUT2D eigenvalue weighted by atomic mass is 9.64. The van der Waals surface area contributed by atoms with Gasteiger partial charge >= 0.3 is 5.97 Å². The van der Waals surface area contributed by atoms with E-state index in [9.17, 15) is 29.3 Å². The SMILES string of the molecule is O=C(Nc1cc2ccncc2s1)C(CN1C(=O)c2ccccc2C1=O)C1C(O[N+](=O)[O-])C[C@@H]1C(=O)OCc1ccccc1. The topological polar surface area (TPSA) is 158 Å². The molecule has 2 aromatic carbocycles. The number of fused-ring (bicyclic) bond motifs is 2. The number of benzene rings is 2. The van der Waals surface area contributed by atoms with Crippen molar-refractivity contribution in [3.05, 3.63) is 106 Å². The number of hydrogen-bond acceptors (Lipinski definition) is 10. The molecule has 13 heteroatoms. The lowest BCUT2D eigenvalue weighted by Crippen LogP contribution is -2.57. The molecule has 1 aliphatic heterocycles. The highest BCUT2D eigenvalue weighted by molar-refractivity contribution is 7.22. The van der Waals surface area contributed by atoms with E-state index in [2.05, 4.69) is 10.3 Å². The minimum atomic E-state index is -1.24. The molecule has 43 heavy (non-hydrogen) atoms. The van der Waals surface area contributed by atoms with Crippen LogP contribution in [0.2, 0.25) is 0 Å². The predicted octanol–water partition coefficient (Wildman–Crippen LogP) is 4.10. The lowest BCUT2D eigenvalue weighted by Gasteiger charge is -2.45. The highest BCUT2D eigenvalue weighted by atomic mass is 32.1. The molecule has 1 N–H and O–H groups in total. The van der Waals surface area contributed by atoms with Gasteiger partial charge in [0.2, 0.25) is 5.91 Å². The molecule has 4 aromatic rings. The first-order valence-corrected chi connectivity index (χ1v) is 14.2. The molecule has 12 nitrogen and oxygen atoms in total. The maximum Gasteiger partial charge on any atom is 0.309 e. The molecule has 1 aliphatic carbocycles. The summed E-state index contributed by atoms with van der Waals surface area (Å²) in [5.74, 6) is -5.73. The number of nitrogens with one attached hydrogen (secondary N) is 1. The zero-order valence-electron chi connectivity index (χ0n) is 22.5. The Hall–Kier alpha value is -5.17. The summed E-state index contributed by atoms with van der Waals surface area (Å²) in [6.07, 6.45) is 2.06. The first kappa shape index (κ1) is 28.0. The lowest BCUT2D eigenvalue weighted by molar-refractivity contribution is -0.775. The number of nitrogens with zero attached hydrogens (tertiary/aromatic N) is 3. The molecule has 2 aromatic heterocycles. The normalized spacial score (nSPS) is 19.8. The van der Waals surface area contributed by atoms with Gasteiger partial charge in [-0.15, -0.1) is 21.5 Å². The molecule has 3 unspecified atom stereocenters. The second kappa shape index (κ2) is 11.6. The molecule has 2 aliphatic rings. The van der Waals surface area contributed by atoms with Crippen LogP contribution in [0, 0.1) is 27.9 Å². The van der Waals surface area contributed by atoms with E-state index in [0.29, 0.717) is 5.00 Å². The van der Waals surface area contributed by atoms with Crippen LogP contribution < -0.4 is 5.32 Å². The van der Waals surface area contributed by atoms with Crippen molar-refractivity contribution in [2.24, 2.45) is 17.8 Å². The predicted molar refractivity (Wildman–Crippen MR) is 153 cm³/mol. The van der Waals surface area contributed by atoms with E-state index in [1.54, 1.807) is 60.9 Å². The quantitative estimate of drug-likeness (QED) is 0.122. The summed E-state index contributed by atoms with van der Waals surface area (Å²) in [5, 5.41) is 14.5. The van der Waals surface area contributed by atoms with Gasteiger partial charge in [-0.1, -0.05) is 42.5 Å². The Labute approximate surface area is 248 Å². The van der Waals surface area contributed by atoms with E-state index in [0.717, 1.165) is 20.5 Å². The maximum absolute atomic E-state index is 13.9. The molecule has 1 saturated carbocycles. The highest BCUT2D eigenvalue weighted by Crippen LogP contribution is 2.45. The number of carbonyl (C=O) groups is 4. The Bertz CT molecular complexity index is 1670. The van der Waals surface area contributed by atoms with Crippen molar-refractivity contribution in [2.45, 2.75) is 19.1 Å². The third-order valence-electron chi connectivity index (χ3n) is 7.76. The van der Waals surface area contributed by atoms with Gasteiger partial charge in [0, 0.05) is 24.9 Å². The van der Waals surface area contributed by atoms with Gasteiger partial charge in [0.25, 0.3) is 16.9 Å². The number of anilines is 1. The number of rotatable bonds is 10. The van der Waals surface area contributed by atoms with E-state index >= 15 is 0 Å². The summed E-state index contributed by atoms with van der Waals surface area (Å²) in [7, 11) is 0. The van der Waals surface area contributed by atoms with Gasteiger partial charge in [-0.25, -0.2) is 0 Å². The zero-order valence-corrected chi connectivity index (χ0v) is 23.3. The van der Waals surface area contributed by atoms with E-state index in [-0.39, 0.29) is 24.2 Å². The molecular weight excluding hydrogens is 576 g/mol. The number of esters is 1. The van der Waals surface area contributed by atoms with Crippen LogP contribution >= 0.6 is 11.3 Å². The summed E-state index contributed by atoms with van der Waals surface area (Å²) in [6, 6.07) is 18.8. The van der Waals surface area contributed by atoms with Gasteiger partial charge in [0.05, 0.1) is 32.7 Å². The molecule has 3 amide bonds. The average molecular weight is 601 g/mol. The average Bonchev–Trinajstić information content (AvgIpc) is 3.51. The fraction of sp³-hybridized carbons (Fsp3) is 0.233. The van der Waals surface area contributed by atoms with E-state index in [4.69, 9.17) is 9.57 Å². The standard InChI is InChI=1S/C30H24N4O8S/c35-27(32-25-12-18-10-11-31-14-24(18)43-25)22(15-33-28(36)19-8-4-5-9-20(19)29(33)37)26-21(13-23(26)42-34(39)40)30(38)41-16-17-6-2-1-3-7-17/h1-12,14,21-23,26H,13,15-16H2,(H,32,35)/t21-,22?,23?,26?/m0/s1. The summed E-state index contributed by atoms with van der Waals surface area (Å²) < 4.78 is 6.33. The second-order valence-corrected chi connectivity index (χ2v) is 11.4. The molecule has 1 fully saturated rings. The van der Waals surface area contributed by atoms with Gasteiger partial charge in [-0.05, 0) is 41.6 Å². The number of amides is 3. The minimum Gasteiger partial charge on any atom is -0.461 e. The number of carbonyl (C=O) groups excluding carboxylic acids is 4.